The van der Waals surface area contributed by atoms with E-state index in [1.54, 1.807) is 0 Å². The van der Waals surface area contributed by atoms with E-state index in [-0.39, 0.29) is 0 Å². The Morgan fingerprint density at radius 1 is 0.611 bits per heavy atom. The van der Waals surface area contributed by atoms with Gasteiger partial charge in [0.2, 0.25) is 0 Å². The summed E-state index contributed by atoms with van der Waals surface area (Å²) in [5, 5.41) is 0. The molecule has 0 saturated heterocycles. The second-order valence-corrected chi connectivity index (χ2v) is 15.7. The van der Waals surface area contributed by atoms with Crippen molar-refractivity contribution in [2.24, 2.45) is 0 Å². The quantitative estimate of drug-likeness (QED) is 0.325. The van der Waals surface area contributed by atoms with Gasteiger partial charge in [0, 0.05) is 0 Å². The first-order valence-corrected chi connectivity index (χ1v) is 14.3. The van der Waals surface area contributed by atoms with Crippen LogP contribution in [-0.2, 0) is 4.12 Å². The summed E-state index contributed by atoms with van der Waals surface area (Å²) in [6, 6.07) is 2.71. The lowest BCUT2D eigenvalue weighted by Crippen LogP contribution is -2.44. The first-order valence-electron chi connectivity index (χ1n) is 8.03. The maximum absolute atomic E-state index is 6.63. The van der Waals surface area contributed by atoms with Gasteiger partial charge in [-0.2, -0.15) is 0 Å². The van der Waals surface area contributed by atoms with Crippen LogP contribution in [0.5, 0.6) is 0 Å². The van der Waals surface area contributed by atoms with Crippen molar-refractivity contribution in [3.63, 3.8) is 0 Å². The van der Waals surface area contributed by atoms with Gasteiger partial charge in [0.15, 0.2) is 16.6 Å². The summed E-state index contributed by atoms with van der Waals surface area (Å²) in [7, 11) is -2.77. The molecule has 0 aromatic rings. The highest BCUT2D eigenvalue weighted by Crippen LogP contribution is 2.25. The standard InChI is InChI=1S/C15H36OSi2/c1-7-9-11-13-15-18(5,6)16-17(3,4)14-12-10-8-2/h7-15H2,1-6H3. The van der Waals surface area contributed by atoms with Crippen LogP contribution >= 0.6 is 0 Å². The molecule has 0 saturated carbocycles. The van der Waals surface area contributed by atoms with Crippen molar-refractivity contribution in [1.29, 1.82) is 0 Å². The molecule has 0 N–H and O–H groups in total. The molecule has 0 aliphatic heterocycles. The molecule has 0 amide bonds. The number of unbranched alkanes of at least 4 members (excludes halogenated alkanes) is 5. The van der Waals surface area contributed by atoms with Gasteiger partial charge in [0.1, 0.15) is 0 Å². The maximum atomic E-state index is 6.63. The average Bonchev–Trinajstić information content (AvgIpc) is 2.23. The molecule has 0 aromatic carbocycles. The molecule has 0 fully saturated rings. The van der Waals surface area contributed by atoms with Crippen LogP contribution < -0.4 is 0 Å². The van der Waals surface area contributed by atoms with Crippen molar-refractivity contribution < 1.29 is 4.12 Å². The molecule has 0 atom stereocenters. The third kappa shape index (κ3) is 10.3. The van der Waals surface area contributed by atoms with Gasteiger partial charge in [-0.3, -0.25) is 0 Å². The van der Waals surface area contributed by atoms with Crippen LogP contribution in [0.15, 0.2) is 0 Å². The lowest BCUT2D eigenvalue weighted by Gasteiger charge is -2.34. The van der Waals surface area contributed by atoms with Crippen molar-refractivity contribution in [1.82, 2.24) is 0 Å². The van der Waals surface area contributed by atoms with Crippen LogP contribution in [0.25, 0.3) is 0 Å². The SMILES string of the molecule is CCCCCC[Si](C)(C)O[Si](C)(C)CCCCC. The fourth-order valence-corrected chi connectivity index (χ4v) is 11.6. The third-order valence-electron chi connectivity index (χ3n) is 3.57. The molecule has 0 unspecified atom stereocenters. The highest BCUT2D eigenvalue weighted by Gasteiger charge is 2.31. The molecule has 0 bridgehead atoms. The van der Waals surface area contributed by atoms with E-state index >= 15 is 0 Å². The molecule has 1 nitrogen and oxygen atoms in total. The van der Waals surface area contributed by atoms with Crippen molar-refractivity contribution in [3.8, 4) is 0 Å². The van der Waals surface area contributed by atoms with Gasteiger partial charge in [0.25, 0.3) is 0 Å². The summed E-state index contributed by atoms with van der Waals surface area (Å²) < 4.78 is 6.63. The Balaban J connectivity index is 3.95. The van der Waals surface area contributed by atoms with Crippen LogP contribution in [0.3, 0.4) is 0 Å². The van der Waals surface area contributed by atoms with E-state index in [4.69, 9.17) is 4.12 Å². The Morgan fingerprint density at radius 3 is 1.44 bits per heavy atom. The third-order valence-corrected chi connectivity index (χ3v) is 11.1. The van der Waals surface area contributed by atoms with E-state index < -0.39 is 16.6 Å². The van der Waals surface area contributed by atoms with Gasteiger partial charge < -0.3 is 4.12 Å². The van der Waals surface area contributed by atoms with Gasteiger partial charge in [-0.15, -0.1) is 0 Å². The maximum Gasteiger partial charge on any atom is 0.173 e. The zero-order chi connectivity index (χ0) is 14.1. The summed E-state index contributed by atoms with van der Waals surface area (Å²) in [5.41, 5.74) is 0. The van der Waals surface area contributed by atoms with Crippen LogP contribution in [0.2, 0.25) is 38.3 Å². The summed E-state index contributed by atoms with van der Waals surface area (Å²) in [6.07, 6.45) is 9.57. The molecular formula is C15H36OSi2. The van der Waals surface area contributed by atoms with E-state index in [1.165, 1.54) is 57.0 Å². The number of hydrogen-bond acceptors (Lipinski definition) is 1. The molecule has 3 heteroatoms. The van der Waals surface area contributed by atoms with Crippen LogP contribution in [-0.4, -0.2) is 16.6 Å². The molecule has 0 rings (SSSR count). The molecule has 0 aliphatic rings. The summed E-state index contributed by atoms with van der Waals surface area (Å²) in [4.78, 5) is 0. The smallest absolute Gasteiger partial charge is 0.173 e. The molecule has 0 heterocycles. The van der Waals surface area contributed by atoms with Crippen LogP contribution in [0, 0.1) is 0 Å². The molecule has 0 aromatic heterocycles. The van der Waals surface area contributed by atoms with Gasteiger partial charge in [0.05, 0.1) is 0 Å². The van der Waals surface area contributed by atoms with E-state index in [2.05, 4.69) is 40.0 Å². The topological polar surface area (TPSA) is 9.23 Å². The normalized spacial score (nSPS) is 13.0. The predicted molar refractivity (Wildman–Crippen MR) is 89.3 cm³/mol. The van der Waals surface area contributed by atoms with Crippen LogP contribution in [0.4, 0.5) is 0 Å². The molecular weight excluding hydrogens is 252 g/mol. The minimum absolute atomic E-state index is 1.32. The predicted octanol–water partition coefficient (Wildman–Crippen LogP) is 6.18. The van der Waals surface area contributed by atoms with Gasteiger partial charge >= 0.3 is 0 Å². The van der Waals surface area contributed by atoms with Crippen LogP contribution in [0.1, 0.15) is 58.8 Å². The van der Waals surface area contributed by atoms with Gasteiger partial charge in [-0.05, 0) is 38.3 Å². The molecule has 0 spiro atoms. The van der Waals surface area contributed by atoms with Crippen molar-refractivity contribution in [3.05, 3.63) is 0 Å². The number of rotatable bonds is 11. The molecule has 0 radical (unpaired) electrons. The Bertz CT molecular complexity index is 203. The molecule has 0 aliphatic carbocycles. The van der Waals surface area contributed by atoms with Crippen molar-refractivity contribution in [2.45, 2.75) is 97.1 Å². The van der Waals surface area contributed by atoms with E-state index in [1.807, 2.05) is 0 Å². The average molecular weight is 289 g/mol. The zero-order valence-corrected chi connectivity index (χ0v) is 15.8. The fraction of sp³-hybridized carbons (Fsp3) is 1.00. The first-order chi connectivity index (χ1) is 8.33. The second-order valence-electron chi connectivity index (χ2n) is 6.89. The Morgan fingerprint density at radius 2 is 1.00 bits per heavy atom. The molecule has 110 valence electrons. The van der Waals surface area contributed by atoms with Gasteiger partial charge in [-0.25, -0.2) is 0 Å². The summed E-state index contributed by atoms with van der Waals surface area (Å²) in [6.45, 7) is 14.2. The lowest BCUT2D eigenvalue weighted by atomic mass is 10.2. The van der Waals surface area contributed by atoms with Gasteiger partial charge in [-0.1, -0.05) is 58.8 Å². The van der Waals surface area contributed by atoms with E-state index in [9.17, 15) is 0 Å². The largest absolute Gasteiger partial charge is 0.455 e. The molecule has 18 heavy (non-hydrogen) atoms. The second kappa shape index (κ2) is 9.32. The summed E-state index contributed by atoms with van der Waals surface area (Å²) >= 11 is 0. The Hall–Kier alpha value is 0.394. The minimum atomic E-state index is -1.39. The zero-order valence-electron chi connectivity index (χ0n) is 13.8. The van der Waals surface area contributed by atoms with E-state index in [0.29, 0.717) is 0 Å². The van der Waals surface area contributed by atoms with E-state index in [0.717, 1.165) is 0 Å². The Kier molecular flexibility index (Phi) is 9.53. The minimum Gasteiger partial charge on any atom is -0.455 e. The highest BCUT2D eigenvalue weighted by molar-refractivity contribution is 6.84. The number of hydrogen-bond donors (Lipinski definition) is 0. The summed E-state index contributed by atoms with van der Waals surface area (Å²) in [5.74, 6) is 0. The highest BCUT2D eigenvalue weighted by atomic mass is 28.4. The first kappa shape index (κ1) is 18.4. The van der Waals surface area contributed by atoms with Crippen molar-refractivity contribution in [2.75, 3.05) is 0 Å². The fourth-order valence-electron chi connectivity index (χ4n) is 2.63. The Labute approximate surface area is 118 Å². The monoisotopic (exact) mass is 288 g/mol. The lowest BCUT2D eigenvalue weighted by molar-refractivity contribution is 0.524. The van der Waals surface area contributed by atoms with Crippen molar-refractivity contribution >= 4 is 16.6 Å².